The summed E-state index contributed by atoms with van der Waals surface area (Å²) < 4.78 is 0. The lowest BCUT2D eigenvalue weighted by molar-refractivity contribution is 0.952. The van der Waals surface area contributed by atoms with Crippen LogP contribution >= 0.6 is 0 Å². The summed E-state index contributed by atoms with van der Waals surface area (Å²) in [4.78, 5) is 14.2. The van der Waals surface area contributed by atoms with E-state index >= 15 is 0 Å². The van der Waals surface area contributed by atoms with Crippen LogP contribution < -0.4 is 10.6 Å². The number of aryl methyl sites for hydroxylation is 3. The van der Waals surface area contributed by atoms with Gasteiger partial charge in [-0.3, -0.25) is 0 Å². The molecule has 6 heteroatoms. The van der Waals surface area contributed by atoms with Gasteiger partial charge in [-0.05, 0) is 49.1 Å². The van der Waals surface area contributed by atoms with Crippen LogP contribution in [0.3, 0.4) is 0 Å². The van der Waals surface area contributed by atoms with E-state index in [1.807, 2.05) is 27.9 Å². The Hall–Kier alpha value is -2.94. The zero-order chi connectivity index (χ0) is 17.1. The molecule has 0 aliphatic rings. The van der Waals surface area contributed by atoms with Crippen molar-refractivity contribution >= 4 is 23.5 Å². The van der Waals surface area contributed by atoms with Crippen LogP contribution in [0, 0.1) is 32.1 Å². The van der Waals surface area contributed by atoms with Gasteiger partial charge in [0.2, 0.25) is 11.9 Å². The summed E-state index contributed by atoms with van der Waals surface area (Å²) in [6, 6.07) is 6.31. The number of anilines is 2. The normalized spacial score (nSPS) is 11.2. The molecule has 2 N–H and O–H groups in total. The van der Waals surface area contributed by atoms with Gasteiger partial charge in [0, 0.05) is 14.1 Å². The standard InChI is InChI=1S/C17H20N6/c1-10-6-12(3)13(7-11(10)2)8-14(9-18)15-20-16(19)22-17(21-15)23(4)5/h6-8H,1-5H3,(H2,19,20,21,22). The number of nitrogens with two attached hydrogens (primary N) is 1. The minimum absolute atomic E-state index is 0.0941. The first-order chi connectivity index (χ1) is 10.8. The van der Waals surface area contributed by atoms with Crippen molar-refractivity contribution in [1.29, 1.82) is 5.26 Å². The third-order valence-corrected chi connectivity index (χ3v) is 3.58. The summed E-state index contributed by atoms with van der Waals surface area (Å²) in [6.07, 6.45) is 1.79. The summed E-state index contributed by atoms with van der Waals surface area (Å²) >= 11 is 0. The van der Waals surface area contributed by atoms with Crippen LogP contribution in [-0.2, 0) is 0 Å². The zero-order valence-electron chi connectivity index (χ0n) is 14.0. The van der Waals surface area contributed by atoms with E-state index in [2.05, 4.69) is 40.1 Å². The molecule has 23 heavy (non-hydrogen) atoms. The van der Waals surface area contributed by atoms with Crippen LogP contribution in [0.2, 0.25) is 0 Å². The van der Waals surface area contributed by atoms with Crippen molar-refractivity contribution in [3.05, 3.63) is 40.2 Å². The number of nitriles is 1. The molecule has 0 spiro atoms. The molecular formula is C17H20N6. The second-order valence-electron chi connectivity index (χ2n) is 5.67. The molecule has 0 fully saturated rings. The summed E-state index contributed by atoms with van der Waals surface area (Å²) in [6.45, 7) is 6.13. The molecule has 0 amide bonds. The first-order valence-corrected chi connectivity index (χ1v) is 7.20. The van der Waals surface area contributed by atoms with Crippen molar-refractivity contribution < 1.29 is 0 Å². The third-order valence-electron chi connectivity index (χ3n) is 3.58. The minimum atomic E-state index is 0.0941. The van der Waals surface area contributed by atoms with E-state index in [-0.39, 0.29) is 11.8 Å². The van der Waals surface area contributed by atoms with E-state index < -0.39 is 0 Å². The topological polar surface area (TPSA) is 91.7 Å². The van der Waals surface area contributed by atoms with E-state index in [9.17, 15) is 5.26 Å². The van der Waals surface area contributed by atoms with E-state index in [1.165, 1.54) is 11.1 Å². The van der Waals surface area contributed by atoms with Gasteiger partial charge < -0.3 is 10.6 Å². The number of allylic oxidation sites excluding steroid dienone is 1. The monoisotopic (exact) mass is 308 g/mol. The van der Waals surface area contributed by atoms with E-state index in [0.29, 0.717) is 11.5 Å². The fraction of sp³-hybridized carbons (Fsp3) is 0.294. The number of hydrogen-bond donors (Lipinski definition) is 1. The third kappa shape index (κ3) is 3.64. The summed E-state index contributed by atoms with van der Waals surface area (Å²) in [7, 11) is 3.61. The Labute approximate surface area is 136 Å². The molecule has 1 aromatic carbocycles. The molecule has 0 atom stereocenters. The van der Waals surface area contributed by atoms with Gasteiger partial charge in [-0.1, -0.05) is 12.1 Å². The summed E-state index contributed by atoms with van der Waals surface area (Å²) in [5.41, 5.74) is 10.5. The molecule has 1 heterocycles. The molecule has 1 aromatic heterocycles. The Morgan fingerprint density at radius 2 is 1.74 bits per heavy atom. The highest BCUT2D eigenvalue weighted by Gasteiger charge is 2.11. The van der Waals surface area contributed by atoms with Crippen molar-refractivity contribution in [2.75, 3.05) is 24.7 Å². The van der Waals surface area contributed by atoms with Crippen molar-refractivity contribution in [3.8, 4) is 6.07 Å². The van der Waals surface area contributed by atoms with Gasteiger partial charge in [0.25, 0.3) is 0 Å². The smallest absolute Gasteiger partial charge is 0.230 e. The van der Waals surface area contributed by atoms with Crippen LogP contribution in [0.25, 0.3) is 11.6 Å². The Balaban J connectivity index is 2.57. The highest BCUT2D eigenvalue weighted by atomic mass is 15.3. The Bertz CT molecular complexity index is 815. The maximum Gasteiger partial charge on any atom is 0.230 e. The molecule has 0 bridgehead atoms. The first-order valence-electron chi connectivity index (χ1n) is 7.20. The van der Waals surface area contributed by atoms with Gasteiger partial charge in [-0.15, -0.1) is 0 Å². The van der Waals surface area contributed by atoms with Crippen molar-refractivity contribution in [3.63, 3.8) is 0 Å². The average molecular weight is 308 g/mol. The molecule has 118 valence electrons. The second-order valence-corrected chi connectivity index (χ2v) is 5.67. The lowest BCUT2D eigenvalue weighted by atomic mass is 9.99. The second kappa shape index (κ2) is 6.44. The van der Waals surface area contributed by atoms with Crippen LogP contribution in [0.1, 0.15) is 28.1 Å². The largest absolute Gasteiger partial charge is 0.368 e. The SMILES string of the molecule is Cc1cc(C)c(C=C(C#N)c2nc(N)nc(N(C)C)n2)cc1C. The molecule has 0 aliphatic carbocycles. The minimum Gasteiger partial charge on any atom is -0.368 e. The van der Waals surface area contributed by atoms with Crippen LogP contribution in [0.5, 0.6) is 0 Å². The van der Waals surface area contributed by atoms with Crippen LogP contribution in [-0.4, -0.2) is 29.0 Å². The molecule has 0 saturated heterocycles. The number of benzene rings is 1. The van der Waals surface area contributed by atoms with Crippen molar-refractivity contribution in [1.82, 2.24) is 15.0 Å². The Morgan fingerprint density at radius 1 is 1.09 bits per heavy atom. The maximum absolute atomic E-state index is 9.50. The number of aromatic nitrogens is 3. The quantitative estimate of drug-likeness (QED) is 0.876. The lowest BCUT2D eigenvalue weighted by Gasteiger charge is -2.11. The molecule has 6 nitrogen and oxygen atoms in total. The predicted molar refractivity (Wildman–Crippen MR) is 92.7 cm³/mol. The maximum atomic E-state index is 9.50. The van der Waals surface area contributed by atoms with E-state index in [0.717, 1.165) is 11.1 Å². The van der Waals surface area contributed by atoms with Gasteiger partial charge >= 0.3 is 0 Å². The van der Waals surface area contributed by atoms with Crippen molar-refractivity contribution in [2.24, 2.45) is 0 Å². The molecule has 2 rings (SSSR count). The number of hydrogen-bond acceptors (Lipinski definition) is 6. The van der Waals surface area contributed by atoms with Gasteiger partial charge in [0.1, 0.15) is 6.07 Å². The fourth-order valence-electron chi connectivity index (χ4n) is 2.14. The predicted octanol–water partition coefficient (Wildman–Crippen LogP) is 2.51. The number of nitrogen functional groups attached to an aromatic ring is 1. The Morgan fingerprint density at radius 3 is 2.35 bits per heavy atom. The molecule has 0 unspecified atom stereocenters. The molecule has 2 aromatic rings. The highest BCUT2D eigenvalue weighted by Crippen LogP contribution is 2.21. The Kier molecular flexibility index (Phi) is 4.60. The van der Waals surface area contributed by atoms with Crippen LogP contribution in [0.4, 0.5) is 11.9 Å². The van der Waals surface area contributed by atoms with Crippen molar-refractivity contribution in [2.45, 2.75) is 20.8 Å². The summed E-state index contributed by atoms with van der Waals surface area (Å²) in [5.74, 6) is 0.795. The fourth-order valence-corrected chi connectivity index (χ4v) is 2.14. The molecule has 0 saturated carbocycles. The van der Waals surface area contributed by atoms with E-state index in [1.54, 1.807) is 11.0 Å². The lowest BCUT2D eigenvalue weighted by Crippen LogP contribution is -2.15. The molecular weight excluding hydrogens is 288 g/mol. The van der Waals surface area contributed by atoms with Gasteiger partial charge in [0.05, 0.1) is 5.57 Å². The van der Waals surface area contributed by atoms with Gasteiger partial charge in [0.15, 0.2) is 5.82 Å². The van der Waals surface area contributed by atoms with Gasteiger partial charge in [-0.25, -0.2) is 0 Å². The average Bonchev–Trinajstić information content (AvgIpc) is 2.48. The van der Waals surface area contributed by atoms with Crippen LogP contribution in [0.15, 0.2) is 12.1 Å². The zero-order valence-corrected chi connectivity index (χ0v) is 14.0. The first kappa shape index (κ1) is 16.4. The number of nitrogens with zero attached hydrogens (tertiary/aromatic N) is 5. The molecule has 0 aliphatic heterocycles. The molecule has 0 radical (unpaired) electrons. The van der Waals surface area contributed by atoms with Gasteiger partial charge in [-0.2, -0.15) is 20.2 Å². The highest BCUT2D eigenvalue weighted by molar-refractivity contribution is 5.88. The number of rotatable bonds is 3. The summed E-state index contributed by atoms with van der Waals surface area (Å²) in [5, 5.41) is 9.50. The van der Waals surface area contributed by atoms with E-state index in [4.69, 9.17) is 5.73 Å².